The second-order valence-corrected chi connectivity index (χ2v) is 7.35. The van der Waals surface area contributed by atoms with E-state index in [1.807, 2.05) is 6.07 Å². The minimum Gasteiger partial charge on any atom is -0.491 e. The number of hydrogen-bond donors (Lipinski definition) is 0. The second-order valence-electron chi connectivity index (χ2n) is 4.06. The van der Waals surface area contributed by atoms with E-state index in [4.69, 9.17) is 4.74 Å². The van der Waals surface area contributed by atoms with Crippen molar-refractivity contribution in [3.05, 3.63) is 24.0 Å². The maximum absolute atomic E-state index is 5.86. The van der Waals surface area contributed by atoms with Gasteiger partial charge in [0.25, 0.3) is 0 Å². The molecule has 0 N–H and O–H groups in total. The molecule has 0 spiro atoms. The number of ether oxygens (including phenoxy) is 1. The molecule has 0 aliphatic carbocycles. The highest BCUT2D eigenvalue weighted by molar-refractivity contribution is 9.14. The molecule has 0 aliphatic rings. The summed E-state index contributed by atoms with van der Waals surface area (Å²) in [4.78, 5) is 0. The summed E-state index contributed by atoms with van der Waals surface area (Å²) in [6.07, 6.45) is 6.22. The monoisotopic (exact) mass is 504 g/mol. The van der Waals surface area contributed by atoms with E-state index in [1.54, 1.807) is 0 Å². The average Bonchev–Trinajstić information content (AvgIpc) is 2.35. The summed E-state index contributed by atoms with van der Waals surface area (Å²) in [5.41, 5.74) is 0. The van der Waals surface area contributed by atoms with Crippen LogP contribution >= 0.6 is 63.7 Å². The maximum atomic E-state index is 5.86. The van der Waals surface area contributed by atoms with Crippen LogP contribution in [-0.4, -0.2) is 6.61 Å². The number of rotatable bonds is 7. The van der Waals surface area contributed by atoms with Gasteiger partial charge in [0.2, 0.25) is 0 Å². The summed E-state index contributed by atoms with van der Waals surface area (Å²) in [5, 5.41) is 0. The Balaban J connectivity index is 2.52. The topological polar surface area (TPSA) is 9.23 Å². The highest BCUT2D eigenvalue weighted by Crippen LogP contribution is 2.43. The lowest BCUT2D eigenvalue weighted by atomic mass is 10.2. The zero-order chi connectivity index (χ0) is 13.5. The summed E-state index contributed by atoms with van der Waals surface area (Å²) in [6.45, 7) is 2.98. The molecule has 1 nitrogen and oxygen atoms in total. The van der Waals surface area contributed by atoms with Crippen LogP contribution in [0.2, 0.25) is 0 Å². The molecule has 0 bridgehead atoms. The van der Waals surface area contributed by atoms with Gasteiger partial charge in [0.15, 0.2) is 0 Å². The summed E-state index contributed by atoms with van der Waals surface area (Å²) >= 11 is 14.1. The predicted octanol–water partition coefficient (Wildman–Crippen LogP) is 7.09. The lowest BCUT2D eigenvalue weighted by Crippen LogP contribution is -1.99. The van der Waals surface area contributed by atoms with Gasteiger partial charge < -0.3 is 4.74 Å². The van der Waals surface area contributed by atoms with Crippen LogP contribution in [0.25, 0.3) is 0 Å². The molecular formula is C13H16Br4O. The van der Waals surface area contributed by atoms with E-state index in [2.05, 4.69) is 70.6 Å². The largest absolute Gasteiger partial charge is 0.491 e. The molecule has 1 aromatic rings. The molecule has 0 heterocycles. The van der Waals surface area contributed by atoms with Crippen LogP contribution in [0.5, 0.6) is 5.75 Å². The Kier molecular flexibility index (Phi) is 8.48. The first-order chi connectivity index (χ1) is 8.57. The normalized spacial score (nSPS) is 10.7. The lowest BCUT2D eigenvalue weighted by Gasteiger charge is -2.12. The molecule has 1 rings (SSSR count). The molecule has 0 saturated carbocycles. The van der Waals surface area contributed by atoms with E-state index >= 15 is 0 Å². The zero-order valence-electron chi connectivity index (χ0n) is 10.2. The first-order valence-corrected chi connectivity index (χ1v) is 9.21. The molecule has 18 heavy (non-hydrogen) atoms. The molecule has 1 aromatic carbocycles. The van der Waals surface area contributed by atoms with Crippen molar-refractivity contribution >= 4 is 63.7 Å². The first-order valence-electron chi connectivity index (χ1n) is 6.03. The van der Waals surface area contributed by atoms with Crippen molar-refractivity contribution < 1.29 is 4.74 Å². The van der Waals surface area contributed by atoms with E-state index in [-0.39, 0.29) is 0 Å². The average molecular weight is 508 g/mol. The molecule has 0 unspecified atom stereocenters. The summed E-state index contributed by atoms with van der Waals surface area (Å²) in [6, 6.07) is 1.99. The van der Waals surface area contributed by atoms with Gasteiger partial charge in [0.1, 0.15) is 5.75 Å². The molecule has 0 radical (unpaired) electrons. The summed E-state index contributed by atoms with van der Waals surface area (Å²) < 4.78 is 9.73. The van der Waals surface area contributed by atoms with Crippen molar-refractivity contribution in [1.82, 2.24) is 0 Å². The number of halogens is 4. The number of benzene rings is 1. The van der Waals surface area contributed by atoms with Crippen LogP contribution in [0.1, 0.15) is 39.0 Å². The van der Waals surface area contributed by atoms with E-state index in [0.29, 0.717) is 0 Å². The fourth-order valence-electron chi connectivity index (χ4n) is 1.56. The van der Waals surface area contributed by atoms with Crippen molar-refractivity contribution in [2.45, 2.75) is 39.0 Å². The molecule has 0 saturated heterocycles. The molecule has 102 valence electrons. The van der Waals surface area contributed by atoms with Gasteiger partial charge in [-0.1, -0.05) is 32.6 Å². The van der Waals surface area contributed by atoms with Crippen molar-refractivity contribution in [3.8, 4) is 5.75 Å². The first kappa shape index (κ1) is 17.0. The fraction of sp³-hybridized carbons (Fsp3) is 0.538. The molecular weight excluding hydrogens is 492 g/mol. The molecule has 0 aliphatic heterocycles. The van der Waals surface area contributed by atoms with Crippen LogP contribution in [0.4, 0.5) is 0 Å². The van der Waals surface area contributed by atoms with Crippen LogP contribution < -0.4 is 4.74 Å². The Hall–Kier alpha value is 0.940. The molecule has 0 atom stereocenters. The minimum absolute atomic E-state index is 0.754. The zero-order valence-corrected chi connectivity index (χ0v) is 16.6. The summed E-state index contributed by atoms with van der Waals surface area (Å²) in [7, 11) is 0. The smallest absolute Gasteiger partial charge is 0.149 e. The van der Waals surface area contributed by atoms with Crippen LogP contribution in [0.15, 0.2) is 24.0 Å². The van der Waals surface area contributed by atoms with E-state index in [9.17, 15) is 0 Å². The van der Waals surface area contributed by atoms with Crippen LogP contribution in [0.3, 0.4) is 0 Å². The van der Waals surface area contributed by atoms with E-state index < -0.39 is 0 Å². The minimum atomic E-state index is 0.754. The van der Waals surface area contributed by atoms with Gasteiger partial charge >= 0.3 is 0 Å². The van der Waals surface area contributed by atoms with Gasteiger partial charge in [-0.15, -0.1) is 0 Å². The maximum Gasteiger partial charge on any atom is 0.149 e. The van der Waals surface area contributed by atoms with Crippen LogP contribution in [-0.2, 0) is 0 Å². The van der Waals surface area contributed by atoms with Gasteiger partial charge in [-0.25, -0.2) is 0 Å². The van der Waals surface area contributed by atoms with Crippen molar-refractivity contribution in [2.24, 2.45) is 0 Å². The van der Waals surface area contributed by atoms with Gasteiger partial charge in [0, 0.05) is 8.95 Å². The third kappa shape index (κ3) is 5.14. The Morgan fingerprint density at radius 2 is 1.44 bits per heavy atom. The van der Waals surface area contributed by atoms with E-state index in [0.717, 1.165) is 36.7 Å². The molecule has 0 aromatic heterocycles. The Labute approximate surface area is 143 Å². The quantitative estimate of drug-likeness (QED) is 0.283. The summed E-state index contributed by atoms with van der Waals surface area (Å²) in [5.74, 6) is 0.853. The van der Waals surface area contributed by atoms with E-state index in [1.165, 1.54) is 25.7 Å². The SMILES string of the molecule is CCCCCCCOc1c(Br)c(Br)cc(Br)c1Br. The third-order valence-corrected chi connectivity index (χ3v) is 6.46. The lowest BCUT2D eigenvalue weighted by molar-refractivity contribution is 0.300. The Morgan fingerprint density at radius 1 is 0.889 bits per heavy atom. The van der Waals surface area contributed by atoms with Gasteiger partial charge in [-0.3, -0.25) is 0 Å². The van der Waals surface area contributed by atoms with Gasteiger partial charge in [0.05, 0.1) is 15.6 Å². The number of hydrogen-bond acceptors (Lipinski definition) is 1. The highest BCUT2D eigenvalue weighted by atomic mass is 79.9. The second kappa shape index (κ2) is 8.98. The molecule has 5 heteroatoms. The van der Waals surface area contributed by atoms with Gasteiger partial charge in [-0.05, 0) is 76.2 Å². The number of unbranched alkanes of at least 4 members (excludes halogenated alkanes) is 4. The van der Waals surface area contributed by atoms with Crippen molar-refractivity contribution in [1.29, 1.82) is 0 Å². The predicted molar refractivity (Wildman–Crippen MR) is 91.5 cm³/mol. The van der Waals surface area contributed by atoms with Crippen molar-refractivity contribution in [2.75, 3.05) is 6.61 Å². The third-order valence-electron chi connectivity index (χ3n) is 2.57. The highest BCUT2D eigenvalue weighted by Gasteiger charge is 2.13. The molecule has 0 fully saturated rings. The Morgan fingerprint density at radius 3 is 2.00 bits per heavy atom. The van der Waals surface area contributed by atoms with Crippen LogP contribution in [0, 0.1) is 0 Å². The molecule has 0 amide bonds. The standard InChI is InChI=1S/C13H16Br4O/c1-2-3-4-5-6-7-18-13-11(16)9(14)8-10(15)12(13)17/h8H,2-7H2,1H3. The Bertz CT molecular complexity index is 367. The fourth-order valence-corrected chi connectivity index (χ4v) is 3.80. The van der Waals surface area contributed by atoms with Crippen molar-refractivity contribution in [3.63, 3.8) is 0 Å². The van der Waals surface area contributed by atoms with Gasteiger partial charge in [-0.2, -0.15) is 0 Å².